The molecule has 0 saturated heterocycles. The molecule has 2 nitrogen and oxygen atoms in total. The Kier molecular flexibility index (Phi) is 6.26. The summed E-state index contributed by atoms with van der Waals surface area (Å²) in [7, 11) is 1.64. The van der Waals surface area contributed by atoms with E-state index in [0.29, 0.717) is 12.0 Å². The number of nitrogens with one attached hydrogen (secondary N) is 1. The molecule has 0 fully saturated rings. The van der Waals surface area contributed by atoms with Crippen LogP contribution in [0.15, 0.2) is 48.5 Å². The molecule has 0 spiro atoms. The average Bonchev–Trinajstić information content (AvgIpc) is 2.55. The van der Waals surface area contributed by atoms with Crippen molar-refractivity contribution in [2.45, 2.75) is 32.0 Å². The van der Waals surface area contributed by atoms with Gasteiger partial charge < -0.3 is 10.1 Å². The molecule has 2 aromatic rings. The Labute approximate surface area is 140 Å². The first-order valence-electron chi connectivity index (χ1n) is 7.91. The second-order valence-corrected chi connectivity index (χ2v) is 5.82. The van der Waals surface area contributed by atoms with E-state index in [1.54, 1.807) is 13.2 Å². The van der Waals surface area contributed by atoms with Gasteiger partial charge in [-0.2, -0.15) is 13.2 Å². The first-order valence-corrected chi connectivity index (χ1v) is 7.91. The SMILES string of the molecule is COc1ccccc1CCN[C@H](C)Cc1cccc(C(F)(F)F)c1. The van der Waals surface area contributed by atoms with E-state index in [1.165, 1.54) is 12.1 Å². The monoisotopic (exact) mass is 337 g/mol. The summed E-state index contributed by atoms with van der Waals surface area (Å²) in [5.41, 5.74) is 1.20. The minimum Gasteiger partial charge on any atom is -0.496 e. The number of para-hydroxylation sites is 1. The lowest BCUT2D eigenvalue weighted by atomic mass is 10.0. The standard InChI is InChI=1S/C19H22F3NO/c1-14(12-15-6-5-8-17(13-15)19(20,21)22)23-11-10-16-7-3-4-9-18(16)24-2/h3-9,13-14,23H,10-12H2,1-2H3/t14-/m1/s1. The van der Waals surface area contributed by atoms with E-state index in [0.717, 1.165) is 30.3 Å². The third-order valence-electron chi connectivity index (χ3n) is 3.88. The highest BCUT2D eigenvalue weighted by Crippen LogP contribution is 2.29. The molecule has 24 heavy (non-hydrogen) atoms. The lowest BCUT2D eigenvalue weighted by Gasteiger charge is -2.16. The summed E-state index contributed by atoms with van der Waals surface area (Å²) in [6, 6.07) is 13.4. The lowest BCUT2D eigenvalue weighted by Crippen LogP contribution is -2.30. The van der Waals surface area contributed by atoms with Crippen LogP contribution in [-0.2, 0) is 19.0 Å². The summed E-state index contributed by atoms with van der Waals surface area (Å²) in [5.74, 6) is 0.852. The van der Waals surface area contributed by atoms with E-state index in [9.17, 15) is 13.2 Å². The van der Waals surface area contributed by atoms with Crippen molar-refractivity contribution in [3.63, 3.8) is 0 Å². The van der Waals surface area contributed by atoms with Crippen LogP contribution >= 0.6 is 0 Å². The van der Waals surface area contributed by atoms with Crippen molar-refractivity contribution < 1.29 is 17.9 Å². The van der Waals surface area contributed by atoms with Crippen molar-refractivity contribution in [2.75, 3.05) is 13.7 Å². The van der Waals surface area contributed by atoms with Crippen LogP contribution in [0.3, 0.4) is 0 Å². The fraction of sp³-hybridized carbons (Fsp3) is 0.368. The molecule has 2 aromatic carbocycles. The topological polar surface area (TPSA) is 21.3 Å². The van der Waals surface area contributed by atoms with Gasteiger partial charge in [0.1, 0.15) is 5.75 Å². The Bertz CT molecular complexity index is 655. The summed E-state index contributed by atoms with van der Waals surface area (Å²) in [5, 5.41) is 3.35. The van der Waals surface area contributed by atoms with Crippen LogP contribution in [0.1, 0.15) is 23.6 Å². The highest BCUT2D eigenvalue weighted by atomic mass is 19.4. The first-order chi connectivity index (χ1) is 11.4. The Morgan fingerprint density at radius 1 is 1.08 bits per heavy atom. The molecule has 0 aliphatic carbocycles. The summed E-state index contributed by atoms with van der Waals surface area (Å²) in [4.78, 5) is 0. The molecule has 1 N–H and O–H groups in total. The zero-order valence-corrected chi connectivity index (χ0v) is 13.9. The van der Waals surface area contributed by atoms with Crippen LogP contribution in [0, 0.1) is 0 Å². The van der Waals surface area contributed by atoms with Gasteiger partial charge >= 0.3 is 6.18 Å². The maximum Gasteiger partial charge on any atom is 0.416 e. The molecule has 130 valence electrons. The minimum atomic E-state index is -4.30. The Morgan fingerprint density at radius 3 is 2.54 bits per heavy atom. The van der Waals surface area contributed by atoms with Crippen LogP contribution in [0.5, 0.6) is 5.75 Å². The van der Waals surface area contributed by atoms with Crippen LogP contribution in [0.4, 0.5) is 13.2 Å². The number of ether oxygens (including phenoxy) is 1. The maximum absolute atomic E-state index is 12.7. The van der Waals surface area contributed by atoms with Crippen molar-refractivity contribution in [3.8, 4) is 5.75 Å². The molecule has 5 heteroatoms. The van der Waals surface area contributed by atoms with E-state index in [1.807, 2.05) is 31.2 Å². The smallest absolute Gasteiger partial charge is 0.416 e. The summed E-state index contributed by atoms with van der Waals surface area (Å²) >= 11 is 0. The van der Waals surface area contributed by atoms with Gasteiger partial charge in [0.15, 0.2) is 0 Å². The molecule has 0 heterocycles. The Hall–Kier alpha value is -2.01. The van der Waals surface area contributed by atoms with Crippen molar-refractivity contribution in [3.05, 3.63) is 65.2 Å². The molecule has 1 atom stereocenters. The molecule has 0 saturated carbocycles. The fourth-order valence-electron chi connectivity index (χ4n) is 2.66. The fourth-order valence-corrected chi connectivity index (χ4v) is 2.66. The van der Waals surface area contributed by atoms with Crippen molar-refractivity contribution >= 4 is 0 Å². The normalized spacial score (nSPS) is 12.9. The number of alkyl halides is 3. The van der Waals surface area contributed by atoms with Gasteiger partial charge in [0, 0.05) is 6.04 Å². The molecule has 2 rings (SSSR count). The van der Waals surface area contributed by atoms with Crippen LogP contribution < -0.4 is 10.1 Å². The number of rotatable bonds is 7. The number of halogens is 3. The van der Waals surface area contributed by atoms with Gasteiger partial charge in [0.05, 0.1) is 12.7 Å². The number of hydrogen-bond donors (Lipinski definition) is 1. The Morgan fingerprint density at radius 2 is 1.83 bits per heavy atom. The molecule has 0 aliphatic heterocycles. The minimum absolute atomic E-state index is 0.0863. The first kappa shape index (κ1) is 18.3. The van der Waals surface area contributed by atoms with Crippen LogP contribution in [-0.4, -0.2) is 19.7 Å². The molecule has 0 unspecified atom stereocenters. The van der Waals surface area contributed by atoms with E-state index >= 15 is 0 Å². The van der Waals surface area contributed by atoms with Gasteiger partial charge in [-0.1, -0.05) is 36.4 Å². The quantitative estimate of drug-likeness (QED) is 0.804. The summed E-state index contributed by atoms with van der Waals surface area (Å²) < 4.78 is 43.5. The zero-order valence-electron chi connectivity index (χ0n) is 13.9. The number of hydrogen-bond acceptors (Lipinski definition) is 2. The van der Waals surface area contributed by atoms with Gasteiger partial charge in [0.2, 0.25) is 0 Å². The number of benzene rings is 2. The van der Waals surface area contributed by atoms with Gasteiger partial charge in [-0.15, -0.1) is 0 Å². The van der Waals surface area contributed by atoms with E-state index in [-0.39, 0.29) is 6.04 Å². The number of methoxy groups -OCH3 is 1. The van der Waals surface area contributed by atoms with Gasteiger partial charge in [-0.25, -0.2) is 0 Å². The van der Waals surface area contributed by atoms with Gasteiger partial charge in [-0.05, 0) is 49.6 Å². The predicted octanol–water partition coefficient (Wildman–Crippen LogP) is 4.48. The third kappa shape index (κ3) is 5.27. The van der Waals surface area contributed by atoms with Gasteiger partial charge in [0.25, 0.3) is 0 Å². The average molecular weight is 337 g/mol. The largest absolute Gasteiger partial charge is 0.496 e. The lowest BCUT2D eigenvalue weighted by molar-refractivity contribution is -0.137. The molecular formula is C19H22F3NO. The highest BCUT2D eigenvalue weighted by Gasteiger charge is 2.30. The van der Waals surface area contributed by atoms with Crippen molar-refractivity contribution in [1.29, 1.82) is 0 Å². The molecule has 0 amide bonds. The maximum atomic E-state index is 12.7. The molecule has 0 bridgehead atoms. The molecule has 0 aliphatic rings. The van der Waals surface area contributed by atoms with E-state index < -0.39 is 11.7 Å². The van der Waals surface area contributed by atoms with E-state index in [4.69, 9.17) is 4.74 Å². The van der Waals surface area contributed by atoms with Crippen LogP contribution in [0.25, 0.3) is 0 Å². The molecular weight excluding hydrogens is 315 g/mol. The Balaban J connectivity index is 1.86. The summed E-state index contributed by atoms with van der Waals surface area (Å²) in [6.45, 7) is 2.71. The predicted molar refractivity (Wildman–Crippen MR) is 89.3 cm³/mol. The zero-order chi connectivity index (χ0) is 17.6. The highest BCUT2D eigenvalue weighted by molar-refractivity contribution is 5.33. The van der Waals surface area contributed by atoms with Crippen LogP contribution in [0.2, 0.25) is 0 Å². The van der Waals surface area contributed by atoms with Gasteiger partial charge in [-0.3, -0.25) is 0 Å². The van der Waals surface area contributed by atoms with Crippen molar-refractivity contribution in [2.24, 2.45) is 0 Å². The second-order valence-electron chi connectivity index (χ2n) is 5.82. The third-order valence-corrected chi connectivity index (χ3v) is 3.88. The molecule has 0 aromatic heterocycles. The molecule has 0 radical (unpaired) electrons. The summed E-state index contributed by atoms with van der Waals surface area (Å²) in [6.07, 6.45) is -2.94. The second kappa shape index (κ2) is 8.20. The van der Waals surface area contributed by atoms with E-state index in [2.05, 4.69) is 5.32 Å². The van der Waals surface area contributed by atoms with Crippen molar-refractivity contribution in [1.82, 2.24) is 5.32 Å².